The first kappa shape index (κ1) is 29.0. The molecule has 0 unspecified atom stereocenters. The van der Waals surface area contributed by atoms with E-state index >= 15 is 0 Å². The van der Waals surface area contributed by atoms with E-state index in [9.17, 15) is 19.4 Å². The number of rotatable bonds is 9. The zero-order chi connectivity index (χ0) is 29.8. The molecule has 1 aromatic heterocycles. The lowest BCUT2D eigenvalue weighted by Crippen LogP contribution is -2.40. The van der Waals surface area contributed by atoms with Gasteiger partial charge in [0, 0.05) is 25.2 Å². The van der Waals surface area contributed by atoms with Crippen LogP contribution in [0, 0.1) is 5.82 Å². The van der Waals surface area contributed by atoms with Crippen LogP contribution in [0.2, 0.25) is 0 Å². The molecule has 0 bridgehead atoms. The van der Waals surface area contributed by atoms with Crippen molar-refractivity contribution < 1.29 is 24.1 Å². The second-order valence-corrected chi connectivity index (χ2v) is 11.0. The first-order valence-corrected chi connectivity index (χ1v) is 14.0. The second kappa shape index (κ2) is 12.6. The molecule has 1 fully saturated rings. The number of likely N-dealkylation sites (N-methyl/N-ethyl adjacent to an activating group) is 1. The van der Waals surface area contributed by atoms with Crippen LogP contribution in [0.25, 0.3) is 11.1 Å². The van der Waals surface area contributed by atoms with Gasteiger partial charge in [-0.25, -0.2) is 19.2 Å². The fraction of sp³-hybridized carbons (Fsp3) is 0.303. The van der Waals surface area contributed by atoms with Crippen LogP contribution < -0.4 is 9.64 Å². The summed E-state index contributed by atoms with van der Waals surface area (Å²) in [5.41, 5.74) is 3.42. The minimum atomic E-state index is -1.03. The molecule has 3 atom stereocenters. The van der Waals surface area contributed by atoms with Crippen LogP contribution in [0.5, 0.6) is 11.5 Å². The number of hydrogen-bond acceptors (Lipinski definition) is 6. The van der Waals surface area contributed by atoms with Gasteiger partial charge in [-0.15, -0.1) is 0 Å². The fourth-order valence-corrected chi connectivity index (χ4v) is 5.74. The van der Waals surface area contributed by atoms with Crippen LogP contribution in [-0.4, -0.2) is 56.4 Å². The molecular weight excluding hydrogens is 535 g/mol. The van der Waals surface area contributed by atoms with Gasteiger partial charge in [-0.1, -0.05) is 68.4 Å². The summed E-state index contributed by atoms with van der Waals surface area (Å²) in [5.74, 6) is 1.05. The van der Waals surface area contributed by atoms with Gasteiger partial charge < -0.3 is 24.7 Å². The number of amides is 1. The first-order chi connectivity index (χ1) is 20.2. The highest BCUT2D eigenvalue weighted by Gasteiger charge is 2.41. The summed E-state index contributed by atoms with van der Waals surface area (Å²) in [6.45, 7) is 4.40. The number of carboxylic acid groups (broad SMARTS) is 1. The number of carbonyl (C=O) groups is 1. The molecule has 2 N–H and O–H groups in total. The molecule has 1 saturated carbocycles. The van der Waals surface area contributed by atoms with E-state index in [4.69, 9.17) is 4.74 Å². The Kier molecular flexibility index (Phi) is 8.68. The van der Waals surface area contributed by atoms with Crippen LogP contribution in [-0.2, 0) is 6.54 Å². The lowest BCUT2D eigenvalue weighted by atomic mass is 9.92. The molecule has 1 heterocycles. The van der Waals surface area contributed by atoms with Gasteiger partial charge in [-0.2, -0.15) is 0 Å². The van der Waals surface area contributed by atoms with E-state index in [0.717, 1.165) is 16.7 Å². The summed E-state index contributed by atoms with van der Waals surface area (Å²) in [6, 6.07) is 20.9. The smallest absolute Gasteiger partial charge is 0.407 e. The van der Waals surface area contributed by atoms with Gasteiger partial charge in [0.15, 0.2) is 11.6 Å². The maximum atomic E-state index is 14.5. The second-order valence-electron chi connectivity index (χ2n) is 11.0. The molecule has 0 saturated heterocycles. The monoisotopic (exact) mass is 570 g/mol. The zero-order valence-corrected chi connectivity index (χ0v) is 23.9. The van der Waals surface area contributed by atoms with Gasteiger partial charge in [0.25, 0.3) is 0 Å². The van der Waals surface area contributed by atoms with Crippen LogP contribution in [0.4, 0.5) is 15.0 Å². The maximum absolute atomic E-state index is 14.5. The molecule has 0 spiro atoms. The van der Waals surface area contributed by atoms with Gasteiger partial charge in [-0.05, 0) is 53.6 Å². The summed E-state index contributed by atoms with van der Waals surface area (Å²) in [5, 5.41) is 21.1. The van der Waals surface area contributed by atoms with Crippen molar-refractivity contribution in [1.29, 1.82) is 0 Å². The topological polar surface area (TPSA) is 99.0 Å². The van der Waals surface area contributed by atoms with E-state index in [2.05, 4.69) is 23.8 Å². The van der Waals surface area contributed by atoms with E-state index in [1.54, 1.807) is 13.1 Å². The zero-order valence-electron chi connectivity index (χ0n) is 23.9. The van der Waals surface area contributed by atoms with E-state index in [-0.39, 0.29) is 24.3 Å². The summed E-state index contributed by atoms with van der Waals surface area (Å²) >= 11 is 0. The van der Waals surface area contributed by atoms with Gasteiger partial charge in [-0.3, -0.25) is 0 Å². The van der Waals surface area contributed by atoms with Crippen molar-refractivity contribution in [2.75, 3.05) is 11.9 Å². The van der Waals surface area contributed by atoms with Gasteiger partial charge in [0.1, 0.15) is 17.9 Å². The number of aliphatic hydroxyl groups is 1. The van der Waals surface area contributed by atoms with E-state index in [1.165, 1.54) is 29.6 Å². The summed E-state index contributed by atoms with van der Waals surface area (Å²) < 4.78 is 20.9. The minimum Gasteiger partial charge on any atom is -0.465 e. The molecule has 9 heteroatoms. The third-order valence-electron chi connectivity index (χ3n) is 7.88. The van der Waals surface area contributed by atoms with E-state index in [0.29, 0.717) is 35.7 Å². The largest absolute Gasteiger partial charge is 0.465 e. The number of aromatic nitrogens is 2. The highest BCUT2D eigenvalue weighted by molar-refractivity contribution is 5.75. The Bertz CT molecular complexity index is 1530. The SMILES string of the molecule is CC(C)c1ccccc1-c1cc(F)ccc1Oc1cncnc1N(C)[C@H]1C[C@@H](N(Cc2ccccc2)C(=O)O)C[C@H]1O. The first-order valence-electron chi connectivity index (χ1n) is 14.0. The third kappa shape index (κ3) is 6.21. The molecule has 1 amide bonds. The Morgan fingerprint density at radius 1 is 1.02 bits per heavy atom. The third-order valence-corrected chi connectivity index (χ3v) is 7.88. The molecule has 0 aliphatic heterocycles. The van der Waals surface area contributed by atoms with Crippen molar-refractivity contribution in [3.05, 3.63) is 102 Å². The van der Waals surface area contributed by atoms with Gasteiger partial charge in [0.05, 0.1) is 18.3 Å². The number of benzene rings is 3. The van der Waals surface area contributed by atoms with Crippen molar-refractivity contribution in [1.82, 2.24) is 14.9 Å². The van der Waals surface area contributed by atoms with Crippen molar-refractivity contribution >= 4 is 11.9 Å². The van der Waals surface area contributed by atoms with Crippen molar-refractivity contribution in [3.63, 3.8) is 0 Å². The van der Waals surface area contributed by atoms with Crippen LogP contribution in [0.1, 0.15) is 43.7 Å². The minimum absolute atomic E-state index is 0.211. The molecule has 42 heavy (non-hydrogen) atoms. The predicted octanol–water partition coefficient (Wildman–Crippen LogP) is 6.71. The number of hydrogen-bond donors (Lipinski definition) is 2. The summed E-state index contributed by atoms with van der Waals surface area (Å²) in [4.78, 5) is 24.0. The average molecular weight is 571 g/mol. The maximum Gasteiger partial charge on any atom is 0.407 e. The van der Waals surface area contributed by atoms with Crippen LogP contribution in [0.15, 0.2) is 85.3 Å². The number of nitrogens with zero attached hydrogens (tertiary/aromatic N) is 4. The standard InChI is InChI=1S/C33H35FN4O4/c1-21(2)25-11-7-8-12-26(25)27-15-23(34)13-14-30(27)42-31-18-35-20-36-32(31)37(3)28-16-24(17-29(28)39)38(33(40)41)19-22-9-5-4-6-10-22/h4-15,18,20-21,24,28-29,39H,16-17,19H2,1-3H3,(H,40,41)/t24-,28+,29-/m1/s1. The summed E-state index contributed by atoms with van der Waals surface area (Å²) in [6.07, 6.45) is 1.82. The molecule has 0 radical (unpaired) electrons. The molecule has 3 aromatic carbocycles. The molecule has 1 aliphatic rings. The number of halogens is 1. The van der Waals surface area contributed by atoms with Crippen LogP contribution in [0.3, 0.4) is 0 Å². The molecule has 5 rings (SSSR count). The Hall–Kier alpha value is -4.50. The average Bonchev–Trinajstić information content (AvgIpc) is 3.38. The number of ether oxygens (including phenoxy) is 1. The van der Waals surface area contributed by atoms with Crippen molar-refractivity contribution in [3.8, 4) is 22.6 Å². The number of aliphatic hydroxyl groups excluding tert-OH is 1. The normalized spacial score (nSPS) is 18.2. The predicted molar refractivity (Wildman–Crippen MR) is 159 cm³/mol. The van der Waals surface area contributed by atoms with E-state index in [1.807, 2.05) is 59.5 Å². The highest BCUT2D eigenvalue weighted by atomic mass is 19.1. The van der Waals surface area contributed by atoms with Crippen LogP contribution >= 0.6 is 0 Å². The molecule has 4 aromatic rings. The highest BCUT2D eigenvalue weighted by Crippen LogP contribution is 2.41. The van der Waals surface area contributed by atoms with Crippen molar-refractivity contribution in [2.24, 2.45) is 0 Å². The Labute approximate surface area is 245 Å². The van der Waals surface area contributed by atoms with Gasteiger partial charge in [0.2, 0.25) is 0 Å². The fourth-order valence-electron chi connectivity index (χ4n) is 5.74. The Balaban J connectivity index is 1.41. The molecule has 1 aliphatic carbocycles. The van der Waals surface area contributed by atoms with Gasteiger partial charge >= 0.3 is 6.09 Å². The molecule has 8 nitrogen and oxygen atoms in total. The molecular formula is C33H35FN4O4. The quantitative estimate of drug-likeness (QED) is 0.231. The molecule has 218 valence electrons. The lowest BCUT2D eigenvalue weighted by Gasteiger charge is -2.30. The Morgan fingerprint density at radius 3 is 2.50 bits per heavy atom. The van der Waals surface area contributed by atoms with Crippen molar-refractivity contribution in [2.45, 2.75) is 57.3 Å². The number of anilines is 1. The Morgan fingerprint density at radius 2 is 1.76 bits per heavy atom. The lowest BCUT2D eigenvalue weighted by molar-refractivity contribution is 0.112. The van der Waals surface area contributed by atoms with E-state index < -0.39 is 18.2 Å². The summed E-state index contributed by atoms with van der Waals surface area (Å²) in [7, 11) is 1.80.